The Morgan fingerprint density at radius 2 is 1.27 bits per heavy atom. The highest BCUT2D eigenvalue weighted by molar-refractivity contribution is 5.73. The zero-order valence-electron chi connectivity index (χ0n) is 16.1. The molecule has 0 atom stereocenters. The minimum Gasteiger partial charge on any atom is -0.496 e. The molecule has 0 saturated carbocycles. The molecule has 0 fully saturated rings. The van der Waals surface area contributed by atoms with Crippen LogP contribution in [0.1, 0.15) is 30.5 Å². The molecule has 2 rings (SSSR count). The van der Waals surface area contributed by atoms with Crippen LogP contribution < -0.4 is 18.9 Å². The van der Waals surface area contributed by atoms with Crippen molar-refractivity contribution in [1.82, 2.24) is 0 Å². The normalized spacial score (nSPS) is 11.5. The molecule has 0 amide bonds. The topological polar surface area (TPSA) is 57.2 Å². The molecule has 0 aromatic heterocycles. The van der Waals surface area contributed by atoms with Crippen LogP contribution in [0.15, 0.2) is 30.3 Å². The Hall–Kier alpha value is -2.66. The zero-order chi connectivity index (χ0) is 19.3. The van der Waals surface area contributed by atoms with Crippen molar-refractivity contribution in [2.24, 2.45) is 0 Å². The Morgan fingerprint density at radius 3 is 1.73 bits per heavy atom. The van der Waals surface area contributed by atoms with E-state index in [0.29, 0.717) is 23.0 Å². The predicted molar refractivity (Wildman–Crippen MR) is 103 cm³/mol. The van der Waals surface area contributed by atoms with Crippen molar-refractivity contribution in [2.45, 2.75) is 19.4 Å². The lowest BCUT2D eigenvalue weighted by Crippen LogP contribution is -2.16. The van der Waals surface area contributed by atoms with Gasteiger partial charge in [0.1, 0.15) is 5.75 Å². The molecule has 0 aliphatic carbocycles. The van der Waals surface area contributed by atoms with E-state index in [1.807, 2.05) is 42.5 Å². The standard InChI is InChI=1S/C21H26O5/c1-21(2,22)16-11-14(9-10-17(16)23-3)7-8-15-12-18(24-4)20(26-6)19(13-15)25-5/h7-13,22H,1-6H3/b8-7-. The third-order valence-electron chi connectivity index (χ3n) is 4.04. The maximum Gasteiger partial charge on any atom is 0.203 e. The molecule has 26 heavy (non-hydrogen) atoms. The molecule has 0 aliphatic heterocycles. The van der Waals surface area contributed by atoms with Gasteiger partial charge in [-0.25, -0.2) is 0 Å². The number of aliphatic hydroxyl groups is 1. The molecule has 5 nitrogen and oxygen atoms in total. The van der Waals surface area contributed by atoms with E-state index in [0.717, 1.165) is 16.7 Å². The summed E-state index contributed by atoms with van der Waals surface area (Å²) in [4.78, 5) is 0. The maximum atomic E-state index is 10.4. The molecule has 140 valence electrons. The molecule has 0 radical (unpaired) electrons. The van der Waals surface area contributed by atoms with Gasteiger partial charge in [0, 0.05) is 5.56 Å². The van der Waals surface area contributed by atoms with Gasteiger partial charge in [-0.2, -0.15) is 0 Å². The Kier molecular flexibility index (Phi) is 6.16. The van der Waals surface area contributed by atoms with Gasteiger partial charge in [-0.15, -0.1) is 0 Å². The fourth-order valence-corrected chi connectivity index (χ4v) is 2.70. The van der Waals surface area contributed by atoms with E-state index in [1.54, 1.807) is 42.3 Å². The molecule has 0 bridgehead atoms. The fourth-order valence-electron chi connectivity index (χ4n) is 2.70. The molecule has 1 N–H and O–H groups in total. The summed E-state index contributed by atoms with van der Waals surface area (Å²) in [5.41, 5.74) is 1.57. The van der Waals surface area contributed by atoms with Gasteiger partial charge in [0.2, 0.25) is 5.75 Å². The maximum absolute atomic E-state index is 10.4. The van der Waals surface area contributed by atoms with Crippen molar-refractivity contribution < 1.29 is 24.1 Å². The van der Waals surface area contributed by atoms with Gasteiger partial charge in [-0.05, 0) is 49.2 Å². The van der Waals surface area contributed by atoms with Gasteiger partial charge in [0.05, 0.1) is 34.0 Å². The number of hydrogen-bond donors (Lipinski definition) is 1. The zero-order valence-corrected chi connectivity index (χ0v) is 16.1. The van der Waals surface area contributed by atoms with Gasteiger partial charge >= 0.3 is 0 Å². The van der Waals surface area contributed by atoms with E-state index in [1.165, 1.54) is 0 Å². The summed E-state index contributed by atoms with van der Waals surface area (Å²) >= 11 is 0. The van der Waals surface area contributed by atoms with Crippen LogP contribution in [-0.2, 0) is 5.60 Å². The lowest BCUT2D eigenvalue weighted by molar-refractivity contribution is 0.0756. The quantitative estimate of drug-likeness (QED) is 0.755. The van der Waals surface area contributed by atoms with Crippen LogP contribution in [0.4, 0.5) is 0 Å². The minimum absolute atomic E-state index is 0.556. The number of benzene rings is 2. The van der Waals surface area contributed by atoms with Gasteiger partial charge in [-0.3, -0.25) is 0 Å². The number of methoxy groups -OCH3 is 4. The van der Waals surface area contributed by atoms with E-state index in [2.05, 4.69) is 0 Å². The third kappa shape index (κ3) is 4.29. The number of hydrogen-bond acceptors (Lipinski definition) is 5. The van der Waals surface area contributed by atoms with Crippen molar-refractivity contribution in [3.8, 4) is 23.0 Å². The average Bonchev–Trinajstić information content (AvgIpc) is 2.64. The second-order valence-corrected chi connectivity index (χ2v) is 6.31. The van der Waals surface area contributed by atoms with E-state index < -0.39 is 5.60 Å². The molecular formula is C21H26O5. The lowest BCUT2D eigenvalue weighted by Gasteiger charge is -2.21. The van der Waals surface area contributed by atoms with E-state index in [9.17, 15) is 5.11 Å². The van der Waals surface area contributed by atoms with E-state index in [4.69, 9.17) is 18.9 Å². The second-order valence-electron chi connectivity index (χ2n) is 6.31. The summed E-state index contributed by atoms with van der Waals surface area (Å²) in [6.45, 7) is 3.47. The summed E-state index contributed by atoms with van der Waals surface area (Å²) in [5, 5.41) is 10.4. The van der Waals surface area contributed by atoms with Crippen LogP contribution in [0.2, 0.25) is 0 Å². The average molecular weight is 358 g/mol. The first-order valence-corrected chi connectivity index (χ1v) is 8.23. The Morgan fingerprint density at radius 1 is 0.731 bits per heavy atom. The van der Waals surface area contributed by atoms with Gasteiger partial charge < -0.3 is 24.1 Å². The largest absolute Gasteiger partial charge is 0.496 e. The summed E-state index contributed by atoms with van der Waals surface area (Å²) in [5.74, 6) is 2.40. The smallest absolute Gasteiger partial charge is 0.203 e. The van der Waals surface area contributed by atoms with Crippen molar-refractivity contribution in [1.29, 1.82) is 0 Å². The SMILES string of the molecule is COc1ccc(/C=C\c2cc(OC)c(OC)c(OC)c2)cc1C(C)(C)O. The molecule has 0 spiro atoms. The van der Waals surface area contributed by atoms with Gasteiger partial charge in [-0.1, -0.05) is 18.2 Å². The van der Waals surface area contributed by atoms with Gasteiger partial charge in [0.25, 0.3) is 0 Å². The highest BCUT2D eigenvalue weighted by atomic mass is 16.5. The van der Waals surface area contributed by atoms with Gasteiger partial charge in [0.15, 0.2) is 11.5 Å². The summed E-state index contributed by atoms with van der Waals surface area (Å²) in [6, 6.07) is 9.44. The summed E-state index contributed by atoms with van der Waals surface area (Å²) in [7, 11) is 6.34. The van der Waals surface area contributed by atoms with Crippen molar-refractivity contribution >= 4 is 12.2 Å². The number of rotatable bonds is 7. The van der Waals surface area contributed by atoms with Crippen LogP contribution in [0.5, 0.6) is 23.0 Å². The van der Waals surface area contributed by atoms with Crippen molar-refractivity contribution in [2.75, 3.05) is 28.4 Å². The molecule has 0 heterocycles. The molecule has 0 saturated heterocycles. The summed E-state index contributed by atoms with van der Waals surface area (Å²) < 4.78 is 21.4. The van der Waals surface area contributed by atoms with Crippen LogP contribution in [-0.4, -0.2) is 33.5 Å². The second kappa shape index (κ2) is 8.15. The highest BCUT2D eigenvalue weighted by Gasteiger charge is 2.21. The van der Waals surface area contributed by atoms with Crippen molar-refractivity contribution in [3.63, 3.8) is 0 Å². The van der Waals surface area contributed by atoms with Crippen LogP contribution in [0, 0.1) is 0 Å². The lowest BCUT2D eigenvalue weighted by atomic mass is 9.95. The molecule has 2 aromatic carbocycles. The van der Waals surface area contributed by atoms with Crippen LogP contribution in [0.25, 0.3) is 12.2 Å². The predicted octanol–water partition coefficient (Wildman–Crippen LogP) is 4.12. The molecule has 0 aliphatic rings. The first-order chi connectivity index (χ1) is 12.3. The highest BCUT2D eigenvalue weighted by Crippen LogP contribution is 2.38. The third-order valence-corrected chi connectivity index (χ3v) is 4.04. The minimum atomic E-state index is -0.998. The molecule has 2 aromatic rings. The van der Waals surface area contributed by atoms with Crippen LogP contribution in [0.3, 0.4) is 0 Å². The van der Waals surface area contributed by atoms with E-state index >= 15 is 0 Å². The van der Waals surface area contributed by atoms with Crippen LogP contribution >= 0.6 is 0 Å². The Balaban J connectivity index is 2.41. The Labute approximate surface area is 154 Å². The Bertz CT molecular complexity index is 762. The first-order valence-electron chi connectivity index (χ1n) is 8.23. The number of ether oxygens (including phenoxy) is 4. The van der Waals surface area contributed by atoms with Crippen molar-refractivity contribution in [3.05, 3.63) is 47.0 Å². The molecule has 0 unspecified atom stereocenters. The molecular weight excluding hydrogens is 332 g/mol. The molecule has 5 heteroatoms. The van der Waals surface area contributed by atoms with E-state index in [-0.39, 0.29) is 0 Å². The fraction of sp³-hybridized carbons (Fsp3) is 0.333. The summed E-state index contributed by atoms with van der Waals surface area (Å²) in [6.07, 6.45) is 3.90. The first kappa shape index (κ1) is 19.7. The monoisotopic (exact) mass is 358 g/mol.